The monoisotopic (exact) mass is 904 g/mol. The molecule has 0 saturated heterocycles. The molecule has 0 spiro atoms. The normalized spacial score (nSPS) is 27.8. The maximum absolute atomic E-state index is 13.8. The van der Waals surface area contributed by atoms with Crippen LogP contribution in [0, 0.1) is 34.3 Å². The van der Waals surface area contributed by atoms with Crippen LogP contribution in [0.4, 0.5) is 35.1 Å². The van der Waals surface area contributed by atoms with Gasteiger partial charge in [0.05, 0.1) is 56.5 Å². The highest BCUT2D eigenvalue weighted by molar-refractivity contribution is 5.89. The van der Waals surface area contributed by atoms with Crippen molar-refractivity contribution in [1.82, 2.24) is 19.6 Å². The molecule has 0 unspecified atom stereocenters. The van der Waals surface area contributed by atoms with Crippen molar-refractivity contribution in [2.45, 2.75) is 114 Å². The second kappa shape index (κ2) is 15.8. The van der Waals surface area contributed by atoms with E-state index in [1.165, 1.54) is 38.1 Å². The van der Waals surface area contributed by atoms with Crippen molar-refractivity contribution in [1.29, 1.82) is 0 Å². The Morgan fingerprint density at radius 2 is 1.11 bits per heavy atom. The number of aryl methyl sites for hydroxylation is 2. The van der Waals surface area contributed by atoms with Crippen LogP contribution in [0.2, 0.25) is 0 Å². The molecule has 7 nitrogen and oxygen atoms in total. The summed E-state index contributed by atoms with van der Waals surface area (Å²) in [6, 6.07) is 19.6. The molecule has 342 valence electrons. The van der Waals surface area contributed by atoms with Gasteiger partial charge in [-0.15, -0.1) is 0 Å². The minimum absolute atomic E-state index is 0.0262. The van der Waals surface area contributed by atoms with Gasteiger partial charge in [0, 0.05) is 10.8 Å². The maximum atomic E-state index is 13.8. The number of hydrogen-bond acceptors (Lipinski definition) is 4. The Hall–Kier alpha value is -5.60. The van der Waals surface area contributed by atoms with Gasteiger partial charge in [-0.2, -0.15) is 36.5 Å². The van der Waals surface area contributed by atoms with Crippen molar-refractivity contribution in [3.63, 3.8) is 0 Å². The zero-order valence-corrected chi connectivity index (χ0v) is 35.9. The molecule has 1 N–H and O–H groups in total. The lowest BCUT2D eigenvalue weighted by Gasteiger charge is -2.48. The largest absolute Gasteiger partial charge is 0.481 e. The summed E-state index contributed by atoms with van der Waals surface area (Å²) in [4.78, 5) is 25.3. The molecule has 0 bridgehead atoms. The minimum atomic E-state index is -4.37. The fourth-order valence-corrected chi connectivity index (χ4v) is 11.7. The average molecular weight is 905 g/mol. The van der Waals surface area contributed by atoms with Crippen LogP contribution >= 0.6 is 0 Å². The molecule has 0 amide bonds. The number of aliphatic carboxylic acids is 1. The van der Waals surface area contributed by atoms with Crippen LogP contribution < -0.4 is 0 Å². The Balaban J connectivity index is 0.000000164. The van der Waals surface area contributed by atoms with Crippen LogP contribution in [0.1, 0.15) is 100 Å². The third-order valence-corrected chi connectivity index (χ3v) is 15.6. The molecular weight excluding hydrogens is 857 g/mol. The quantitative estimate of drug-likeness (QED) is 0.141. The van der Waals surface area contributed by atoms with E-state index in [1.807, 2.05) is 18.2 Å². The van der Waals surface area contributed by atoms with Gasteiger partial charge in [-0.1, -0.05) is 13.8 Å². The minimum Gasteiger partial charge on any atom is -0.481 e. The highest BCUT2D eigenvalue weighted by Crippen LogP contribution is 2.60. The van der Waals surface area contributed by atoms with E-state index in [1.54, 1.807) is 52.1 Å². The van der Waals surface area contributed by atoms with E-state index in [-0.39, 0.29) is 56.1 Å². The van der Waals surface area contributed by atoms with E-state index in [2.05, 4.69) is 10.2 Å². The molecule has 65 heavy (non-hydrogen) atoms. The molecule has 6 aromatic rings. The summed E-state index contributed by atoms with van der Waals surface area (Å²) in [5, 5.41) is 20.8. The number of benzene rings is 4. The number of aromatic nitrogens is 4. The maximum Gasteiger partial charge on any atom is 0.394 e. The van der Waals surface area contributed by atoms with Gasteiger partial charge in [-0.3, -0.25) is 4.79 Å². The summed E-state index contributed by atoms with van der Waals surface area (Å²) in [6.45, 7) is 2.52. The van der Waals surface area contributed by atoms with E-state index in [0.29, 0.717) is 48.7 Å². The number of hydrogen-bond donors (Lipinski definition) is 1. The number of carbonyl (C=O) groups is 2. The number of fused-ring (bicyclic) bond motifs is 8. The van der Waals surface area contributed by atoms with Gasteiger partial charge in [0.15, 0.2) is 0 Å². The van der Waals surface area contributed by atoms with Crippen LogP contribution in [-0.4, -0.2) is 49.3 Å². The van der Waals surface area contributed by atoms with Crippen LogP contribution in [0.25, 0.3) is 33.2 Å². The van der Waals surface area contributed by atoms with Gasteiger partial charge in [0.25, 0.3) is 0 Å². The predicted molar refractivity (Wildman–Crippen MR) is 228 cm³/mol. The summed E-state index contributed by atoms with van der Waals surface area (Å²) in [7, 11) is 0. The Bertz CT molecular complexity index is 2800. The number of carbonyl (C=O) groups excluding carboxylic acids is 1. The van der Waals surface area contributed by atoms with E-state index in [0.717, 1.165) is 51.5 Å². The fraction of sp³-hybridized carbons (Fsp3) is 0.440. The number of halogens is 8. The smallest absolute Gasteiger partial charge is 0.394 e. The Kier molecular flexibility index (Phi) is 10.8. The molecule has 0 aliphatic heterocycles. The van der Waals surface area contributed by atoms with Crippen LogP contribution in [0.5, 0.6) is 0 Å². The third kappa shape index (κ3) is 7.31. The first-order chi connectivity index (χ1) is 30.7. The van der Waals surface area contributed by atoms with E-state index >= 15 is 0 Å². The topological polar surface area (TPSA) is 90.0 Å². The van der Waals surface area contributed by atoms with Crippen LogP contribution in [0.3, 0.4) is 0 Å². The molecule has 2 aromatic heterocycles. The summed E-state index contributed by atoms with van der Waals surface area (Å²) in [5.74, 6) is -2.68. The first kappa shape index (κ1) is 44.6. The molecule has 10 rings (SSSR count). The highest BCUT2D eigenvalue weighted by atomic mass is 19.4. The lowest BCUT2D eigenvalue weighted by molar-refractivity contribution is -0.238. The average Bonchev–Trinajstić information content (AvgIpc) is 3.78. The number of alkyl halides is 6. The predicted octanol–water partition coefficient (Wildman–Crippen LogP) is 12.5. The van der Waals surface area contributed by atoms with Gasteiger partial charge < -0.3 is 9.90 Å². The Morgan fingerprint density at radius 3 is 1.58 bits per heavy atom. The van der Waals surface area contributed by atoms with Crippen LogP contribution in [0.15, 0.2) is 85.2 Å². The fourth-order valence-electron chi connectivity index (χ4n) is 11.7. The molecule has 0 radical (unpaired) electrons. The number of carboxylic acid groups (broad SMARTS) is 1. The number of aldehydes is 1. The molecule has 4 aromatic carbocycles. The second-order valence-corrected chi connectivity index (χ2v) is 19.3. The first-order valence-corrected chi connectivity index (χ1v) is 22.1. The zero-order valence-electron chi connectivity index (χ0n) is 35.9. The van der Waals surface area contributed by atoms with E-state index in [4.69, 9.17) is 0 Å². The highest BCUT2D eigenvalue weighted by Gasteiger charge is 2.62. The molecule has 2 heterocycles. The second-order valence-electron chi connectivity index (χ2n) is 19.3. The molecule has 2 fully saturated rings. The lowest BCUT2D eigenvalue weighted by Crippen LogP contribution is -2.52. The van der Waals surface area contributed by atoms with Crippen molar-refractivity contribution in [3.8, 4) is 11.4 Å². The first-order valence-electron chi connectivity index (χ1n) is 22.1. The summed E-state index contributed by atoms with van der Waals surface area (Å²) < 4.78 is 113. The number of carboxylic acids is 1. The SMILES string of the molecule is C[C@]1(C(F)(F)F)CC[C@@]2(C(=O)O)c3cc4cnn(-c5ccc(F)cc5)c4cc3CCC[C@@H]2C1.C[C@]1(C(F)(F)F)CC[C@@]2(C=O)c3cc4cnn(-c5ccc(F)cc5)c4cc3CCC[C@@H]2C1. The van der Waals surface area contributed by atoms with Crippen LogP contribution in [-0.2, 0) is 33.3 Å². The van der Waals surface area contributed by atoms with Gasteiger partial charge in [-0.25, -0.2) is 18.1 Å². The molecule has 15 heteroatoms. The van der Waals surface area contributed by atoms with Crippen molar-refractivity contribution >= 4 is 34.1 Å². The molecule has 2 saturated carbocycles. The summed E-state index contributed by atoms with van der Waals surface area (Å²) in [6.07, 6.45) is -1.07. The Morgan fingerprint density at radius 1 is 0.662 bits per heavy atom. The van der Waals surface area contributed by atoms with Gasteiger partial charge in [0.1, 0.15) is 17.9 Å². The molecule has 6 atom stereocenters. The summed E-state index contributed by atoms with van der Waals surface area (Å²) >= 11 is 0. The standard InChI is InChI=1S/C25H24F4N2O2.C25H24F4N2O/c1-23(25(27,28)29)9-10-24(22(32)33)17(13-23)4-2-3-15-12-21-16(11-20(15)24)14-30-31(21)19-7-5-18(26)6-8-19;1-23(25(27,28)29)9-10-24(15-32)18(13-23)4-2-3-16-12-22-17(11-21(16)24)14-30-31(22)20-7-5-19(26)6-8-20/h5-8,11-12,14,17H,2-4,9-10,13H2,1H3,(H,32,33);5-8,11-12,14-15,18H,2-4,9-10,13H2,1H3/t17-,23+,24+;18-,23+,24+/m11/s1. The zero-order chi connectivity index (χ0) is 46.3. The van der Waals surface area contributed by atoms with E-state index < -0.39 is 45.9 Å². The van der Waals surface area contributed by atoms with Gasteiger partial charge >= 0.3 is 18.3 Å². The van der Waals surface area contributed by atoms with Crippen molar-refractivity contribution in [2.75, 3.05) is 0 Å². The summed E-state index contributed by atoms with van der Waals surface area (Å²) in [5.41, 5.74) is 0.412. The Labute approximate surface area is 369 Å². The van der Waals surface area contributed by atoms with Crippen molar-refractivity contribution in [2.24, 2.45) is 22.7 Å². The van der Waals surface area contributed by atoms with Crippen molar-refractivity contribution < 1.29 is 49.8 Å². The van der Waals surface area contributed by atoms with Gasteiger partial charge in [0.2, 0.25) is 0 Å². The molecule has 4 aliphatic carbocycles. The number of rotatable bonds is 4. The van der Waals surface area contributed by atoms with E-state index in [9.17, 15) is 49.8 Å². The lowest BCUT2D eigenvalue weighted by atomic mass is 9.55. The molecular formula is C50H48F8N4O3. The van der Waals surface area contributed by atoms with Gasteiger partial charge in [-0.05, 0) is 184 Å². The van der Waals surface area contributed by atoms with Crippen molar-refractivity contribution in [3.05, 3.63) is 119 Å². The molecule has 4 aliphatic rings. The number of nitrogens with zero attached hydrogens (tertiary/aromatic N) is 4. The third-order valence-electron chi connectivity index (χ3n) is 15.6.